The van der Waals surface area contributed by atoms with Gasteiger partial charge in [-0.3, -0.25) is 9.59 Å². The highest BCUT2D eigenvalue weighted by Crippen LogP contribution is 2.41. The lowest BCUT2D eigenvalue weighted by atomic mass is 9.97. The lowest BCUT2D eigenvalue weighted by molar-refractivity contribution is -0.258. The van der Waals surface area contributed by atoms with E-state index in [2.05, 4.69) is 19.7 Å². The van der Waals surface area contributed by atoms with Gasteiger partial charge in [-0.1, -0.05) is 0 Å². The van der Waals surface area contributed by atoms with E-state index < -0.39 is 60.4 Å². The number of fused-ring (bicyclic) bond motifs is 1. The van der Waals surface area contributed by atoms with Crippen molar-refractivity contribution in [3.8, 4) is 0 Å². The van der Waals surface area contributed by atoms with Gasteiger partial charge in [0, 0.05) is 0 Å². The monoisotopic (exact) mass is 551 g/mol. The second kappa shape index (κ2) is 11.4. The van der Waals surface area contributed by atoms with Crippen molar-refractivity contribution >= 4 is 41.2 Å². The minimum atomic E-state index is -2.06. The predicted octanol–water partition coefficient (Wildman–Crippen LogP) is 2.07. The molecule has 1 aliphatic carbocycles. The molecule has 2 N–H and O–H groups in total. The molecule has 0 radical (unpaired) electrons. The maximum atomic E-state index is 12.5. The molecule has 2 aromatic rings. The number of nitrogen functional groups attached to an aromatic ring is 1. The Bertz CT molecular complexity index is 1230. The van der Waals surface area contributed by atoms with Crippen LogP contribution in [0.2, 0.25) is 0 Å². The second-order valence-corrected chi connectivity index (χ2v) is 11.0. The predicted molar refractivity (Wildman–Crippen MR) is 131 cm³/mol. The molecular weight excluding hydrogens is 518 g/mol. The van der Waals surface area contributed by atoms with Crippen LogP contribution in [0.3, 0.4) is 0 Å². The van der Waals surface area contributed by atoms with Gasteiger partial charge in [0.25, 0.3) is 0 Å². The number of hydrogen-bond donors (Lipinski definition) is 1. The zero-order valence-electron chi connectivity index (χ0n) is 22.7. The first-order valence-corrected chi connectivity index (χ1v) is 12.1. The molecule has 1 unspecified atom stereocenters. The average Bonchev–Trinajstić information content (AvgIpc) is 3.48. The number of esters is 3. The van der Waals surface area contributed by atoms with E-state index in [-0.39, 0.29) is 5.95 Å². The number of ether oxygens (including phenoxy) is 6. The quantitative estimate of drug-likeness (QED) is 0.333. The number of carbonyl (C=O) groups is 4. The molecule has 0 amide bonds. The van der Waals surface area contributed by atoms with E-state index >= 15 is 0 Å². The van der Waals surface area contributed by atoms with Gasteiger partial charge in [0.15, 0.2) is 5.65 Å². The van der Waals surface area contributed by atoms with Crippen molar-refractivity contribution in [2.75, 3.05) is 19.1 Å². The molecule has 1 atom stereocenters. The second-order valence-electron chi connectivity index (χ2n) is 11.0. The molecule has 1 fully saturated rings. The molecule has 2 aromatic heterocycles. The van der Waals surface area contributed by atoms with E-state index in [4.69, 9.17) is 29.4 Å². The van der Waals surface area contributed by atoms with E-state index in [0.717, 1.165) is 0 Å². The first-order valence-electron chi connectivity index (χ1n) is 12.1. The van der Waals surface area contributed by atoms with Gasteiger partial charge in [0.2, 0.25) is 12.7 Å². The summed E-state index contributed by atoms with van der Waals surface area (Å²) in [5.74, 6) is -2.31. The first kappa shape index (κ1) is 29.5. The number of anilines is 1. The molecule has 0 bridgehead atoms. The molecule has 1 saturated carbocycles. The topological polar surface area (TPSA) is 193 Å². The van der Waals surface area contributed by atoms with Crippen LogP contribution < -0.4 is 5.73 Å². The lowest BCUT2D eigenvalue weighted by Crippen LogP contribution is -2.36. The average molecular weight is 552 g/mol. The van der Waals surface area contributed by atoms with Gasteiger partial charge >= 0.3 is 30.5 Å². The Balaban J connectivity index is 1.55. The van der Waals surface area contributed by atoms with E-state index in [9.17, 15) is 19.2 Å². The molecule has 0 saturated heterocycles. The highest BCUT2D eigenvalue weighted by molar-refractivity contribution is 5.76. The molecule has 15 nitrogen and oxygen atoms in total. The molecule has 2 heterocycles. The Kier molecular flexibility index (Phi) is 8.63. The van der Waals surface area contributed by atoms with Crippen LogP contribution in [0.5, 0.6) is 0 Å². The summed E-state index contributed by atoms with van der Waals surface area (Å²) in [6.45, 7) is 6.49. The number of rotatable bonds is 10. The summed E-state index contributed by atoms with van der Waals surface area (Å²) in [4.78, 5) is 61.0. The molecule has 0 spiro atoms. The largest absolute Gasteiger partial charge is 0.516 e. The lowest BCUT2D eigenvalue weighted by Gasteiger charge is -2.23. The van der Waals surface area contributed by atoms with Crippen LogP contribution in [-0.2, 0) is 49.3 Å². The smallest absolute Gasteiger partial charge is 0.427 e. The van der Waals surface area contributed by atoms with E-state index in [1.165, 1.54) is 6.20 Å². The highest BCUT2D eigenvalue weighted by atomic mass is 16.9. The van der Waals surface area contributed by atoms with Gasteiger partial charge in [0.1, 0.15) is 12.1 Å². The minimum Gasteiger partial charge on any atom is -0.427 e. The number of nitrogens with zero attached hydrogens (tertiary/aromatic N) is 4. The Morgan fingerprint density at radius 2 is 1.64 bits per heavy atom. The summed E-state index contributed by atoms with van der Waals surface area (Å²) in [6.07, 6.45) is 2.98. The van der Waals surface area contributed by atoms with Crippen LogP contribution >= 0.6 is 0 Å². The fourth-order valence-electron chi connectivity index (χ4n) is 2.93. The molecule has 214 valence electrons. The Labute approximate surface area is 224 Å². The van der Waals surface area contributed by atoms with Crippen molar-refractivity contribution in [1.82, 2.24) is 19.5 Å². The van der Waals surface area contributed by atoms with Crippen LogP contribution in [0, 0.1) is 10.8 Å². The van der Waals surface area contributed by atoms with Crippen molar-refractivity contribution < 1.29 is 47.6 Å². The zero-order chi connectivity index (χ0) is 29.0. The Hall–Kier alpha value is -4.01. The first-order chi connectivity index (χ1) is 18.1. The highest BCUT2D eigenvalue weighted by Gasteiger charge is 2.45. The maximum absolute atomic E-state index is 12.5. The van der Waals surface area contributed by atoms with E-state index in [1.54, 1.807) is 52.4 Å². The van der Waals surface area contributed by atoms with Crippen LogP contribution in [0.4, 0.5) is 10.7 Å². The number of hydrogen-bond acceptors (Lipinski definition) is 14. The number of carbonyl (C=O) groups excluding carboxylic acids is 4. The summed E-state index contributed by atoms with van der Waals surface area (Å²) >= 11 is 0. The van der Waals surface area contributed by atoms with Gasteiger partial charge < -0.3 is 38.7 Å². The third kappa shape index (κ3) is 8.49. The van der Waals surface area contributed by atoms with Crippen LogP contribution in [0.1, 0.15) is 54.4 Å². The van der Waals surface area contributed by atoms with Gasteiger partial charge in [-0.05, 0) is 54.4 Å². The van der Waals surface area contributed by atoms with Gasteiger partial charge in [-0.2, -0.15) is 4.98 Å². The molecule has 1 aliphatic rings. The van der Waals surface area contributed by atoms with Crippen LogP contribution in [0.25, 0.3) is 11.2 Å². The van der Waals surface area contributed by atoms with Crippen LogP contribution in [-0.4, -0.2) is 69.1 Å². The fraction of sp³-hybridized carbons (Fsp3) is 0.625. The molecular formula is C24H33N5O10. The number of aromatic nitrogens is 4. The van der Waals surface area contributed by atoms with Gasteiger partial charge in [0.05, 0.1) is 35.5 Å². The summed E-state index contributed by atoms with van der Waals surface area (Å²) < 4.78 is 31.9. The van der Waals surface area contributed by atoms with E-state index in [0.29, 0.717) is 30.6 Å². The fourth-order valence-corrected chi connectivity index (χ4v) is 2.93. The third-order valence-electron chi connectivity index (χ3n) is 5.35. The van der Waals surface area contributed by atoms with Crippen molar-refractivity contribution in [1.29, 1.82) is 0 Å². The Morgan fingerprint density at radius 1 is 0.974 bits per heavy atom. The SMILES string of the molecule is CC(C)(C)C(=O)OCOC(=O)OC(OC(=O)COC1(Cn2cnc3cnc(N)nc32)CC1)OC(=O)C(C)(C)C. The summed E-state index contributed by atoms with van der Waals surface area (Å²) in [5, 5.41) is 0. The summed E-state index contributed by atoms with van der Waals surface area (Å²) in [7, 11) is 0. The van der Waals surface area contributed by atoms with E-state index in [1.807, 2.05) is 0 Å². The molecule has 0 aliphatic heterocycles. The molecule has 3 rings (SSSR count). The maximum Gasteiger partial charge on any atom is 0.516 e. The van der Waals surface area contributed by atoms with Crippen LogP contribution in [0.15, 0.2) is 12.5 Å². The third-order valence-corrected chi connectivity index (χ3v) is 5.35. The summed E-state index contributed by atoms with van der Waals surface area (Å²) in [6, 6.07) is 0. The normalized spacial score (nSPS) is 15.2. The Morgan fingerprint density at radius 3 is 2.26 bits per heavy atom. The van der Waals surface area contributed by atoms with Crippen molar-refractivity contribution in [3.63, 3.8) is 0 Å². The van der Waals surface area contributed by atoms with Gasteiger partial charge in [-0.25, -0.2) is 19.6 Å². The van der Waals surface area contributed by atoms with Crippen molar-refractivity contribution in [2.45, 2.75) is 73.0 Å². The molecule has 39 heavy (non-hydrogen) atoms. The molecule has 15 heteroatoms. The van der Waals surface area contributed by atoms with Gasteiger partial charge in [-0.15, -0.1) is 0 Å². The summed E-state index contributed by atoms with van der Waals surface area (Å²) in [5.41, 5.74) is 4.24. The van der Waals surface area contributed by atoms with Crippen molar-refractivity contribution in [2.24, 2.45) is 10.8 Å². The number of nitrogens with two attached hydrogens (primary N) is 1. The van der Waals surface area contributed by atoms with Crippen molar-refractivity contribution in [3.05, 3.63) is 12.5 Å². The molecule has 0 aromatic carbocycles. The minimum absolute atomic E-state index is 0.0975. The standard InChI is InChI=1S/C24H33N5O10/c1-22(2,3)17(31)34-13-35-20(33)39-21(38-18(32)23(4,5)6)37-15(30)10-36-24(7-8-24)11-29-12-27-14-9-26-19(25)28-16(14)29/h9,12,21H,7-8,10-11,13H2,1-6H3,(H2,25,26,28). The number of imidazole rings is 1. The zero-order valence-corrected chi connectivity index (χ0v) is 22.7.